The van der Waals surface area contributed by atoms with Crippen molar-refractivity contribution in [1.29, 1.82) is 0 Å². The molecule has 0 heterocycles. The molecule has 121 valence electrons. The number of rotatable bonds is 0. The van der Waals surface area contributed by atoms with E-state index < -0.39 is 0 Å². The second-order valence-corrected chi connectivity index (χ2v) is 8.79. The first kappa shape index (κ1) is 17.9. The van der Waals surface area contributed by atoms with Gasteiger partial charge in [0.05, 0.1) is 12.2 Å². The molecule has 7 unspecified atom stereocenters. The van der Waals surface area contributed by atoms with Crippen LogP contribution in [0.15, 0.2) is 11.6 Å². The third-order valence-corrected chi connectivity index (χ3v) is 8.03. The standard InChI is InChI=1S/C19H30O2.Ac/c1-18-9-7-13(20)11-12(18)3-4-14-15-5-6-17(21)19(15,2)10-8-16(14)18;/h3,13-17,20-21H,4-11H2,1-2H3;. The van der Waals surface area contributed by atoms with Crippen LogP contribution in [0.2, 0.25) is 0 Å². The maximum absolute atomic E-state index is 10.5. The van der Waals surface area contributed by atoms with E-state index in [4.69, 9.17) is 0 Å². The summed E-state index contributed by atoms with van der Waals surface area (Å²) in [5.41, 5.74) is 2.05. The Hall–Kier alpha value is 1.10. The van der Waals surface area contributed by atoms with Crippen molar-refractivity contribution in [1.82, 2.24) is 0 Å². The van der Waals surface area contributed by atoms with Crippen LogP contribution in [-0.4, -0.2) is 22.4 Å². The fourth-order valence-corrected chi connectivity index (χ4v) is 6.61. The molecule has 3 fully saturated rings. The minimum absolute atomic E-state index is 0. The Morgan fingerprint density at radius 2 is 1.77 bits per heavy atom. The average Bonchev–Trinajstić information content (AvgIpc) is 2.76. The second-order valence-electron chi connectivity index (χ2n) is 8.79. The first-order valence-electron chi connectivity index (χ1n) is 9.01. The van der Waals surface area contributed by atoms with E-state index in [0.29, 0.717) is 11.3 Å². The van der Waals surface area contributed by atoms with Crippen molar-refractivity contribution in [3.63, 3.8) is 0 Å². The van der Waals surface area contributed by atoms with Crippen molar-refractivity contribution in [3.05, 3.63) is 11.6 Å². The SMILES string of the molecule is CC12CCC(O)CC1=CCC1C2CCC2(C)C(O)CCC12.[Ac]. The fourth-order valence-electron chi connectivity index (χ4n) is 6.61. The largest absolute Gasteiger partial charge is 0.393 e. The van der Waals surface area contributed by atoms with Crippen LogP contribution in [0.4, 0.5) is 0 Å². The predicted octanol–water partition coefficient (Wildman–Crippen LogP) is 3.67. The van der Waals surface area contributed by atoms with Crippen molar-refractivity contribution < 1.29 is 54.3 Å². The number of fused-ring (bicyclic) bond motifs is 5. The average molecular weight is 517 g/mol. The molecule has 7 atom stereocenters. The molecule has 0 aromatic carbocycles. The molecule has 4 aliphatic carbocycles. The number of hydrogen-bond donors (Lipinski definition) is 2. The zero-order chi connectivity index (χ0) is 14.8. The van der Waals surface area contributed by atoms with Crippen LogP contribution in [0.1, 0.15) is 65.2 Å². The van der Waals surface area contributed by atoms with Gasteiger partial charge in [-0.3, -0.25) is 0 Å². The van der Waals surface area contributed by atoms with Gasteiger partial charge in [0, 0.05) is 44.1 Å². The molecule has 22 heavy (non-hydrogen) atoms. The summed E-state index contributed by atoms with van der Waals surface area (Å²) >= 11 is 0. The van der Waals surface area contributed by atoms with Gasteiger partial charge in [0.15, 0.2) is 0 Å². The number of hydrogen-bond acceptors (Lipinski definition) is 2. The van der Waals surface area contributed by atoms with Crippen LogP contribution >= 0.6 is 0 Å². The summed E-state index contributed by atoms with van der Waals surface area (Å²) < 4.78 is 0. The predicted molar refractivity (Wildman–Crippen MR) is 83.7 cm³/mol. The van der Waals surface area contributed by atoms with Crippen LogP contribution in [0.5, 0.6) is 0 Å². The van der Waals surface area contributed by atoms with Crippen molar-refractivity contribution in [2.45, 2.75) is 77.4 Å². The Morgan fingerprint density at radius 3 is 2.55 bits per heavy atom. The zero-order valence-corrected chi connectivity index (χ0v) is 18.8. The van der Waals surface area contributed by atoms with Crippen LogP contribution in [0.25, 0.3) is 0 Å². The van der Waals surface area contributed by atoms with E-state index in [1.807, 2.05) is 0 Å². The minimum Gasteiger partial charge on any atom is -0.393 e. The fraction of sp³-hybridized carbons (Fsp3) is 0.895. The molecular formula is C19H30AcO2. The summed E-state index contributed by atoms with van der Waals surface area (Å²) in [5, 5.41) is 20.5. The molecule has 0 saturated heterocycles. The van der Waals surface area contributed by atoms with E-state index in [-0.39, 0.29) is 61.7 Å². The van der Waals surface area contributed by atoms with Crippen LogP contribution in [0, 0.1) is 72.6 Å². The molecule has 0 bridgehead atoms. The van der Waals surface area contributed by atoms with Gasteiger partial charge in [-0.25, -0.2) is 0 Å². The van der Waals surface area contributed by atoms with Gasteiger partial charge in [-0.05, 0) is 80.0 Å². The van der Waals surface area contributed by atoms with Crippen LogP contribution < -0.4 is 0 Å². The molecule has 0 amide bonds. The van der Waals surface area contributed by atoms with Crippen LogP contribution in [0.3, 0.4) is 0 Å². The van der Waals surface area contributed by atoms with Gasteiger partial charge in [-0.1, -0.05) is 25.5 Å². The van der Waals surface area contributed by atoms with Crippen molar-refractivity contribution in [3.8, 4) is 0 Å². The molecule has 0 aromatic heterocycles. The Labute approximate surface area is 170 Å². The van der Waals surface area contributed by atoms with Gasteiger partial charge in [0.25, 0.3) is 0 Å². The summed E-state index contributed by atoms with van der Waals surface area (Å²) in [6.07, 6.45) is 11.2. The number of allylic oxidation sites excluding steroid dienone is 1. The van der Waals surface area contributed by atoms with Gasteiger partial charge in [-0.15, -0.1) is 0 Å². The monoisotopic (exact) mass is 517 g/mol. The summed E-state index contributed by atoms with van der Waals surface area (Å²) in [6, 6.07) is 0. The first-order chi connectivity index (χ1) is 9.95. The normalized spacial score (nSPS) is 53.6. The first-order valence-corrected chi connectivity index (χ1v) is 9.01. The Balaban J connectivity index is 0.00000144. The van der Waals surface area contributed by atoms with Crippen LogP contribution in [-0.2, 0) is 0 Å². The second kappa shape index (κ2) is 6.12. The minimum atomic E-state index is -0.108. The van der Waals surface area contributed by atoms with Gasteiger partial charge < -0.3 is 10.2 Å². The van der Waals surface area contributed by atoms with E-state index in [1.54, 1.807) is 5.57 Å². The number of aliphatic hydroxyl groups is 2. The molecule has 2 N–H and O–H groups in total. The molecule has 4 rings (SSSR count). The molecule has 4 aliphatic rings. The molecule has 3 saturated carbocycles. The molecule has 2 nitrogen and oxygen atoms in total. The summed E-state index contributed by atoms with van der Waals surface area (Å²) in [5.74, 6) is 2.27. The molecule has 3 heteroatoms. The molecular weight excluding hydrogens is 487 g/mol. The maximum Gasteiger partial charge on any atom is 0.0596 e. The third kappa shape index (κ3) is 2.44. The van der Waals surface area contributed by atoms with Gasteiger partial charge in [-0.2, -0.15) is 0 Å². The quantitative estimate of drug-likeness (QED) is 0.482. The molecule has 0 spiro atoms. The number of aliphatic hydroxyl groups excluding tert-OH is 2. The molecule has 0 aromatic rings. The third-order valence-electron chi connectivity index (χ3n) is 8.03. The van der Waals surface area contributed by atoms with E-state index in [0.717, 1.165) is 37.5 Å². The zero-order valence-electron chi connectivity index (χ0n) is 14.1. The Bertz CT molecular complexity index is 476. The van der Waals surface area contributed by atoms with Crippen molar-refractivity contribution >= 4 is 0 Å². The maximum atomic E-state index is 10.5. The molecule has 0 aliphatic heterocycles. The van der Waals surface area contributed by atoms with E-state index in [1.165, 1.54) is 25.7 Å². The van der Waals surface area contributed by atoms with E-state index in [2.05, 4.69) is 19.9 Å². The van der Waals surface area contributed by atoms with Gasteiger partial charge in [0.2, 0.25) is 0 Å². The van der Waals surface area contributed by atoms with Gasteiger partial charge in [0.1, 0.15) is 0 Å². The summed E-state index contributed by atoms with van der Waals surface area (Å²) in [4.78, 5) is 0. The van der Waals surface area contributed by atoms with Crippen molar-refractivity contribution in [2.75, 3.05) is 0 Å². The van der Waals surface area contributed by atoms with E-state index >= 15 is 0 Å². The summed E-state index contributed by atoms with van der Waals surface area (Å²) in [6.45, 7) is 4.81. The Kier molecular flexibility index (Phi) is 4.98. The smallest absolute Gasteiger partial charge is 0.0596 e. The summed E-state index contributed by atoms with van der Waals surface area (Å²) in [7, 11) is 0. The van der Waals surface area contributed by atoms with Crippen molar-refractivity contribution in [2.24, 2.45) is 28.6 Å². The topological polar surface area (TPSA) is 40.5 Å². The molecule has 1 radical (unpaired) electrons. The Morgan fingerprint density at radius 1 is 1.00 bits per heavy atom. The van der Waals surface area contributed by atoms with Gasteiger partial charge >= 0.3 is 0 Å². The van der Waals surface area contributed by atoms with E-state index in [9.17, 15) is 10.2 Å².